The molecule has 0 unspecified atom stereocenters. The Kier molecular flexibility index (Phi) is 2.54. The summed E-state index contributed by atoms with van der Waals surface area (Å²) in [6, 6.07) is 0.686. The molecule has 2 nitrogen and oxygen atoms in total. The van der Waals surface area contributed by atoms with Crippen LogP contribution in [0.15, 0.2) is 5.38 Å². The Hall–Kier alpha value is -0.570. The normalized spacial score (nSPS) is 26.9. The number of nitrogens with one attached hydrogen (secondary N) is 1. The lowest BCUT2D eigenvalue weighted by molar-refractivity contribution is 0.309. The molecule has 13 heavy (non-hydrogen) atoms. The maximum absolute atomic E-state index is 4.48. The van der Waals surface area contributed by atoms with Gasteiger partial charge in [0.2, 0.25) is 0 Å². The summed E-state index contributed by atoms with van der Waals surface area (Å²) in [5.74, 6) is 0.906. The molecule has 0 saturated heterocycles. The Morgan fingerprint density at radius 1 is 1.62 bits per heavy atom. The van der Waals surface area contributed by atoms with Crippen molar-refractivity contribution >= 4 is 16.5 Å². The predicted octanol–water partition coefficient (Wildman–Crippen LogP) is 2.92. The van der Waals surface area contributed by atoms with Crippen molar-refractivity contribution < 1.29 is 0 Å². The Morgan fingerprint density at radius 2 is 2.38 bits per heavy atom. The third-order valence-corrected chi connectivity index (χ3v) is 3.44. The molecule has 0 radical (unpaired) electrons. The van der Waals surface area contributed by atoms with E-state index in [1.54, 1.807) is 11.3 Å². The van der Waals surface area contributed by atoms with E-state index < -0.39 is 0 Å². The van der Waals surface area contributed by atoms with Gasteiger partial charge in [-0.2, -0.15) is 0 Å². The SMILES string of the molecule is CCc1csc(NC2CC(C)C2)n1. The van der Waals surface area contributed by atoms with Crippen molar-refractivity contribution in [3.8, 4) is 0 Å². The molecule has 0 aromatic carbocycles. The number of hydrogen-bond donors (Lipinski definition) is 1. The van der Waals surface area contributed by atoms with E-state index in [1.165, 1.54) is 18.5 Å². The van der Waals surface area contributed by atoms with Crippen molar-refractivity contribution in [2.75, 3.05) is 5.32 Å². The number of nitrogens with zero attached hydrogens (tertiary/aromatic N) is 1. The van der Waals surface area contributed by atoms with Crippen LogP contribution in [0.4, 0.5) is 5.13 Å². The highest BCUT2D eigenvalue weighted by Gasteiger charge is 2.25. The van der Waals surface area contributed by atoms with E-state index in [1.807, 2.05) is 0 Å². The molecule has 0 atom stereocenters. The zero-order chi connectivity index (χ0) is 9.26. The molecule has 1 aromatic heterocycles. The van der Waals surface area contributed by atoms with Crippen molar-refractivity contribution in [1.82, 2.24) is 4.98 Å². The number of hydrogen-bond acceptors (Lipinski definition) is 3. The van der Waals surface area contributed by atoms with Crippen LogP contribution in [0.25, 0.3) is 0 Å². The average molecular weight is 196 g/mol. The Bertz CT molecular complexity index is 276. The van der Waals surface area contributed by atoms with Gasteiger partial charge in [0.1, 0.15) is 0 Å². The fraction of sp³-hybridized carbons (Fsp3) is 0.700. The van der Waals surface area contributed by atoms with E-state index in [0.29, 0.717) is 6.04 Å². The van der Waals surface area contributed by atoms with Crippen LogP contribution >= 0.6 is 11.3 Å². The van der Waals surface area contributed by atoms with Crippen LogP contribution < -0.4 is 5.32 Å². The molecule has 0 aliphatic heterocycles. The highest BCUT2D eigenvalue weighted by Crippen LogP contribution is 2.30. The zero-order valence-electron chi connectivity index (χ0n) is 8.21. The third-order valence-electron chi connectivity index (χ3n) is 2.62. The van der Waals surface area contributed by atoms with Crippen LogP contribution in [0, 0.1) is 5.92 Å². The maximum Gasteiger partial charge on any atom is 0.183 e. The second kappa shape index (κ2) is 3.66. The molecule has 1 fully saturated rings. The van der Waals surface area contributed by atoms with E-state index in [9.17, 15) is 0 Å². The van der Waals surface area contributed by atoms with Gasteiger partial charge in [0.15, 0.2) is 5.13 Å². The van der Waals surface area contributed by atoms with Gasteiger partial charge >= 0.3 is 0 Å². The average Bonchev–Trinajstić information content (AvgIpc) is 2.50. The van der Waals surface area contributed by atoms with Crippen LogP contribution in [0.1, 0.15) is 32.4 Å². The number of rotatable bonds is 3. The molecule has 0 spiro atoms. The lowest BCUT2D eigenvalue weighted by Gasteiger charge is -2.33. The fourth-order valence-electron chi connectivity index (χ4n) is 1.73. The van der Waals surface area contributed by atoms with Crippen LogP contribution in [0.3, 0.4) is 0 Å². The lowest BCUT2D eigenvalue weighted by atomic mass is 9.82. The van der Waals surface area contributed by atoms with Gasteiger partial charge in [0.25, 0.3) is 0 Å². The Morgan fingerprint density at radius 3 is 2.92 bits per heavy atom. The van der Waals surface area contributed by atoms with Crippen LogP contribution in [0.2, 0.25) is 0 Å². The molecular weight excluding hydrogens is 180 g/mol. The molecule has 2 rings (SSSR count). The van der Waals surface area contributed by atoms with Crippen LogP contribution in [0.5, 0.6) is 0 Å². The van der Waals surface area contributed by atoms with E-state index in [4.69, 9.17) is 0 Å². The molecule has 1 aliphatic rings. The summed E-state index contributed by atoms with van der Waals surface area (Å²) < 4.78 is 0. The van der Waals surface area contributed by atoms with Crippen LogP contribution in [-0.4, -0.2) is 11.0 Å². The van der Waals surface area contributed by atoms with Gasteiger partial charge in [-0.15, -0.1) is 11.3 Å². The molecule has 1 heterocycles. The first-order valence-electron chi connectivity index (χ1n) is 4.99. The molecule has 0 bridgehead atoms. The van der Waals surface area contributed by atoms with Gasteiger partial charge in [0.05, 0.1) is 5.69 Å². The summed E-state index contributed by atoms with van der Waals surface area (Å²) in [6.07, 6.45) is 3.65. The van der Waals surface area contributed by atoms with Crippen molar-refractivity contribution in [2.24, 2.45) is 5.92 Å². The summed E-state index contributed by atoms with van der Waals surface area (Å²) in [5, 5.41) is 6.72. The van der Waals surface area contributed by atoms with Gasteiger partial charge < -0.3 is 5.32 Å². The summed E-state index contributed by atoms with van der Waals surface area (Å²) in [6.45, 7) is 4.45. The first-order valence-corrected chi connectivity index (χ1v) is 5.87. The third kappa shape index (κ3) is 2.02. The topological polar surface area (TPSA) is 24.9 Å². The van der Waals surface area contributed by atoms with Gasteiger partial charge in [0, 0.05) is 11.4 Å². The van der Waals surface area contributed by atoms with Gasteiger partial charge in [-0.05, 0) is 25.2 Å². The molecule has 3 heteroatoms. The molecule has 1 aromatic rings. The predicted molar refractivity (Wildman–Crippen MR) is 57.3 cm³/mol. The van der Waals surface area contributed by atoms with E-state index in [-0.39, 0.29) is 0 Å². The minimum Gasteiger partial charge on any atom is -0.359 e. The first kappa shape index (κ1) is 9.00. The Balaban J connectivity index is 1.87. The van der Waals surface area contributed by atoms with E-state index >= 15 is 0 Å². The second-order valence-electron chi connectivity index (χ2n) is 3.92. The smallest absolute Gasteiger partial charge is 0.183 e. The quantitative estimate of drug-likeness (QED) is 0.804. The number of aryl methyl sites for hydroxylation is 1. The minimum absolute atomic E-state index is 0.686. The van der Waals surface area contributed by atoms with Crippen LogP contribution in [-0.2, 0) is 6.42 Å². The van der Waals surface area contributed by atoms with E-state index in [2.05, 4.69) is 29.5 Å². The summed E-state index contributed by atoms with van der Waals surface area (Å²) in [4.78, 5) is 4.48. The van der Waals surface area contributed by atoms with E-state index in [0.717, 1.165) is 17.5 Å². The van der Waals surface area contributed by atoms with Gasteiger partial charge in [-0.1, -0.05) is 13.8 Å². The Labute approximate surface area is 83.4 Å². The molecule has 1 aliphatic carbocycles. The fourth-order valence-corrected chi connectivity index (χ4v) is 2.60. The summed E-state index contributed by atoms with van der Waals surface area (Å²) >= 11 is 1.73. The largest absolute Gasteiger partial charge is 0.359 e. The van der Waals surface area contributed by atoms with Crippen molar-refractivity contribution in [1.29, 1.82) is 0 Å². The number of anilines is 1. The lowest BCUT2D eigenvalue weighted by Crippen LogP contribution is -2.33. The molecular formula is C10H16N2S. The number of thiazole rings is 1. The molecule has 1 saturated carbocycles. The summed E-state index contributed by atoms with van der Waals surface area (Å²) in [5.41, 5.74) is 1.21. The maximum atomic E-state index is 4.48. The summed E-state index contributed by atoms with van der Waals surface area (Å²) in [7, 11) is 0. The minimum atomic E-state index is 0.686. The molecule has 72 valence electrons. The monoisotopic (exact) mass is 196 g/mol. The van der Waals surface area contributed by atoms with Gasteiger partial charge in [-0.3, -0.25) is 0 Å². The van der Waals surface area contributed by atoms with Crippen molar-refractivity contribution in [2.45, 2.75) is 39.2 Å². The highest BCUT2D eigenvalue weighted by atomic mass is 32.1. The van der Waals surface area contributed by atoms with Crippen molar-refractivity contribution in [3.63, 3.8) is 0 Å². The second-order valence-corrected chi connectivity index (χ2v) is 4.77. The number of aromatic nitrogens is 1. The van der Waals surface area contributed by atoms with Gasteiger partial charge in [-0.25, -0.2) is 4.98 Å². The zero-order valence-corrected chi connectivity index (χ0v) is 9.03. The standard InChI is InChI=1S/C10H16N2S/c1-3-8-6-13-10(11-8)12-9-4-7(2)5-9/h6-7,9H,3-5H2,1-2H3,(H,11,12). The molecule has 1 N–H and O–H groups in total. The molecule has 0 amide bonds. The first-order chi connectivity index (χ1) is 6.28. The van der Waals surface area contributed by atoms with Crippen molar-refractivity contribution in [3.05, 3.63) is 11.1 Å². The highest BCUT2D eigenvalue weighted by molar-refractivity contribution is 7.13.